The lowest BCUT2D eigenvalue weighted by atomic mass is 10.3. The van der Waals surface area contributed by atoms with Crippen LogP contribution in [0.2, 0.25) is 0 Å². The highest BCUT2D eigenvalue weighted by molar-refractivity contribution is 5.72. The topological polar surface area (TPSA) is 63.3 Å². The average Bonchev–Trinajstić information content (AvgIpc) is 2.11. The Labute approximate surface area is 80.2 Å². The molecule has 78 valence electrons. The van der Waals surface area contributed by atoms with Crippen LogP contribution in [0.4, 0.5) is 8.78 Å². The van der Waals surface area contributed by atoms with Crippen molar-refractivity contribution in [2.24, 2.45) is 5.73 Å². The summed E-state index contributed by atoms with van der Waals surface area (Å²) in [5.41, 5.74) is 4.84. The van der Waals surface area contributed by atoms with E-state index in [0.29, 0.717) is 0 Å². The minimum Gasteiger partial charge on any atom is -0.480 e. The summed E-state index contributed by atoms with van der Waals surface area (Å²) < 4.78 is 23.9. The third kappa shape index (κ3) is 5.21. The fourth-order valence-corrected chi connectivity index (χ4v) is 0.439. The van der Waals surface area contributed by atoms with Crippen molar-refractivity contribution in [3.63, 3.8) is 0 Å². The van der Waals surface area contributed by atoms with E-state index in [1.165, 1.54) is 19.1 Å². The molecule has 0 saturated heterocycles. The predicted molar refractivity (Wildman–Crippen MR) is 47.6 cm³/mol. The molecule has 1 aromatic carbocycles. The van der Waals surface area contributed by atoms with Gasteiger partial charge in [0.1, 0.15) is 6.04 Å². The van der Waals surface area contributed by atoms with Crippen LogP contribution in [0.15, 0.2) is 24.3 Å². The Morgan fingerprint density at radius 1 is 1.36 bits per heavy atom. The zero-order valence-electron chi connectivity index (χ0n) is 7.58. The molecule has 0 radical (unpaired) electrons. The molecule has 0 amide bonds. The van der Waals surface area contributed by atoms with Crippen molar-refractivity contribution in [3.05, 3.63) is 35.9 Å². The lowest BCUT2D eigenvalue weighted by Gasteiger charge is -1.90. The molecule has 0 bridgehead atoms. The summed E-state index contributed by atoms with van der Waals surface area (Å²) in [4.78, 5) is 9.57. The lowest BCUT2D eigenvalue weighted by molar-refractivity contribution is -0.138. The molecule has 0 aliphatic carbocycles. The normalized spacial score (nSPS) is 11.1. The van der Waals surface area contributed by atoms with Crippen molar-refractivity contribution in [3.8, 4) is 0 Å². The van der Waals surface area contributed by atoms with Crippen LogP contribution in [0.25, 0.3) is 0 Å². The molecule has 1 atom stereocenters. The van der Waals surface area contributed by atoms with E-state index in [1.54, 1.807) is 0 Å². The predicted octanol–water partition coefficient (Wildman–Crippen LogP) is 1.38. The largest absolute Gasteiger partial charge is 0.480 e. The molecule has 1 rings (SSSR count). The van der Waals surface area contributed by atoms with E-state index in [1.807, 2.05) is 0 Å². The second kappa shape index (κ2) is 6.04. The van der Waals surface area contributed by atoms with Crippen molar-refractivity contribution in [2.75, 3.05) is 0 Å². The standard InChI is InChI=1S/C6H4F2.C3H7NO2/c7-5-3-1-2-4-6(5)8;1-2(4)3(5)6/h1-4H;2H,4H2,1H3,(H,5,6). The second-order valence-corrected chi connectivity index (χ2v) is 2.54. The van der Waals surface area contributed by atoms with E-state index < -0.39 is 23.6 Å². The molecule has 1 unspecified atom stereocenters. The number of hydrogen-bond acceptors (Lipinski definition) is 2. The molecular formula is C9H11F2NO2. The fourth-order valence-electron chi connectivity index (χ4n) is 0.439. The highest BCUT2D eigenvalue weighted by Crippen LogP contribution is 2.01. The number of nitrogens with two attached hydrogens (primary N) is 1. The van der Waals surface area contributed by atoms with Gasteiger partial charge in [0.2, 0.25) is 0 Å². The smallest absolute Gasteiger partial charge is 0.320 e. The van der Waals surface area contributed by atoms with Gasteiger partial charge >= 0.3 is 5.97 Å². The molecule has 0 fully saturated rings. The number of carboxylic acid groups (broad SMARTS) is 1. The van der Waals surface area contributed by atoms with E-state index in [-0.39, 0.29) is 0 Å². The first kappa shape index (κ1) is 12.5. The highest BCUT2D eigenvalue weighted by atomic mass is 19.2. The lowest BCUT2D eigenvalue weighted by Crippen LogP contribution is -2.25. The van der Waals surface area contributed by atoms with Gasteiger partial charge in [0.05, 0.1) is 0 Å². The maximum atomic E-state index is 11.9. The van der Waals surface area contributed by atoms with E-state index in [2.05, 4.69) is 0 Å². The first-order valence-corrected chi connectivity index (χ1v) is 3.83. The first-order valence-electron chi connectivity index (χ1n) is 3.83. The van der Waals surface area contributed by atoms with Crippen molar-refractivity contribution < 1.29 is 18.7 Å². The van der Waals surface area contributed by atoms with Gasteiger partial charge in [0.25, 0.3) is 0 Å². The van der Waals surface area contributed by atoms with Gasteiger partial charge in [-0.1, -0.05) is 12.1 Å². The molecule has 0 aliphatic rings. The summed E-state index contributed by atoms with van der Waals surface area (Å²) >= 11 is 0. The minimum absolute atomic E-state index is 0.731. The van der Waals surface area contributed by atoms with Gasteiger partial charge in [0.15, 0.2) is 11.6 Å². The van der Waals surface area contributed by atoms with Gasteiger partial charge in [-0.2, -0.15) is 0 Å². The SMILES string of the molecule is CC(N)C(=O)O.Fc1ccccc1F. The van der Waals surface area contributed by atoms with Crippen LogP contribution in [-0.2, 0) is 4.79 Å². The maximum absolute atomic E-state index is 11.9. The molecule has 3 N–H and O–H groups in total. The van der Waals surface area contributed by atoms with Gasteiger partial charge < -0.3 is 10.8 Å². The number of rotatable bonds is 1. The number of carbonyl (C=O) groups is 1. The third-order valence-electron chi connectivity index (χ3n) is 1.21. The number of aliphatic carboxylic acids is 1. The monoisotopic (exact) mass is 203 g/mol. The molecule has 0 aliphatic heterocycles. The van der Waals surface area contributed by atoms with Crippen LogP contribution in [-0.4, -0.2) is 17.1 Å². The quantitative estimate of drug-likeness (QED) is 0.724. The fraction of sp³-hybridized carbons (Fsp3) is 0.222. The molecule has 5 heteroatoms. The Balaban J connectivity index is 0.000000255. The molecule has 0 heterocycles. The highest BCUT2D eigenvalue weighted by Gasteiger charge is 1.99. The van der Waals surface area contributed by atoms with Gasteiger partial charge in [0, 0.05) is 0 Å². The van der Waals surface area contributed by atoms with Crippen molar-refractivity contribution in [2.45, 2.75) is 13.0 Å². The Hall–Kier alpha value is -1.49. The van der Waals surface area contributed by atoms with Crippen molar-refractivity contribution in [1.82, 2.24) is 0 Å². The van der Waals surface area contributed by atoms with Crippen LogP contribution < -0.4 is 5.73 Å². The Bertz CT molecular complexity index is 282. The molecule has 0 spiro atoms. The van der Waals surface area contributed by atoms with E-state index in [4.69, 9.17) is 10.8 Å². The summed E-state index contributed by atoms with van der Waals surface area (Å²) in [5, 5.41) is 7.87. The summed E-state index contributed by atoms with van der Waals surface area (Å²) in [6.07, 6.45) is 0. The van der Waals surface area contributed by atoms with Gasteiger partial charge in [-0.15, -0.1) is 0 Å². The van der Waals surface area contributed by atoms with Crippen LogP contribution in [0.3, 0.4) is 0 Å². The van der Waals surface area contributed by atoms with Gasteiger partial charge in [-0.3, -0.25) is 4.79 Å². The molecule has 1 aromatic rings. The van der Waals surface area contributed by atoms with E-state index in [9.17, 15) is 13.6 Å². The summed E-state index contributed by atoms with van der Waals surface area (Å²) in [7, 11) is 0. The summed E-state index contributed by atoms with van der Waals surface area (Å²) in [5.74, 6) is -2.56. The van der Waals surface area contributed by atoms with Crippen molar-refractivity contribution >= 4 is 5.97 Å². The first-order chi connectivity index (χ1) is 6.45. The number of benzene rings is 1. The molecule has 14 heavy (non-hydrogen) atoms. The van der Waals surface area contributed by atoms with Crippen LogP contribution in [0.1, 0.15) is 6.92 Å². The number of hydrogen-bond donors (Lipinski definition) is 2. The zero-order valence-corrected chi connectivity index (χ0v) is 7.58. The molecule has 0 aromatic heterocycles. The summed E-state index contributed by atoms with van der Waals surface area (Å²) in [6, 6.07) is 4.31. The van der Waals surface area contributed by atoms with E-state index in [0.717, 1.165) is 12.1 Å². The molecular weight excluding hydrogens is 192 g/mol. The molecule has 3 nitrogen and oxygen atoms in total. The third-order valence-corrected chi connectivity index (χ3v) is 1.21. The molecule has 0 saturated carbocycles. The van der Waals surface area contributed by atoms with Gasteiger partial charge in [-0.05, 0) is 19.1 Å². The maximum Gasteiger partial charge on any atom is 0.320 e. The number of carboxylic acids is 1. The van der Waals surface area contributed by atoms with Crippen LogP contribution in [0, 0.1) is 11.6 Å². The van der Waals surface area contributed by atoms with Gasteiger partial charge in [-0.25, -0.2) is 8.78 Å². The number of halogens is 2. The Morgan fingerprint density at radius 2 is 1.64 bits per heavy atom. The average molecular weight is 203 g/mol. The minimum atomic E-state index is -0.963. The van der Waals surface area contributed by atoms with Crippen LogP contribution >= 0.6 is 0 Å². The summed E-state index contributed by atoms with van der Waals surface area (Å²) in [6.45, 7) is 1.42. The van der Waals surface area contributed by atoms with Crippen molar-refractivity contribution in [1.29, 1.82) is 0 Å². The van der Waals surface area contributed by atoms with E-state index >= 15 is 0 Å². The Morgan fingerprint density at radius 3 is 1.79 bits per heavy atom. The van der Waals surface area contributed by atoms with Crippen LogP contribution in [0.5, 0.6) is 0 Å². The zero-order chi connectivity index (χ0) is 11.1. The second-order valence-electron chi connectivity index (χ2n) is 2.54. The Kier molecular flexibility index (Phi) is 5.40.